The molecule has 1 amide bonds. The smallest absolute Gasteiger partial charge is 0.225 e. The summed E-state index contributed by atoms with van der Waals surface area (Å²) in [5.41, 5.74) is 8.10. The molecule has 0 unspecified atom stereocenters. The number of fused-ring (bicyclic) bond motifs is 1. The van der Waals surface area contributed by atoms with Gasteiger partial charge in [-0.15, -0.1) is 0 Å². The SMILES string of the molecule is NC(=O)Cc1nc(C[C@H]2CCCOC2)n(C2Cc3ccccc3C2)n1. The van der Waals surface area contributed by atoms with Gasteiger partial charge in [-0.05, 0) is 42.7 Å². The van der Waals surface area contributed by atoms with Crippen molar-refractivity contribution in [3.63, 3.8) is 0 Å². The van der Waals surface area contributed by atoms with Crippen LogP contribution in [-0.2, 0) is 35.2 Å². The van der Waals surface area contributed by atoms with Gasteiger partial charge in [-0.1, -0.05) is 24.3 Å². The Bertz CT molecular complexity index is 740. The van der Waals surface area contributed by atoms with E-state index >= 15 is 0 Å². The summed E-state index contributed by atoms with van der Waals surface area (Å²) in [6.45, 7) is 1.64. The van der Waals surface area contributed by atoms with Crippen molar-refractivity contribution >= 4 is 5.91 Å². The van der Waals surface area contributed by atoms with Crippen molar-refractivity contribution in [3.05, 3.63) is 47.0 Å². The lowest BCUT2D eigenvalue weighted by Gasteiger charge is -2.22. The first-order valence-electron chi connectivity index (χ1n) is 9.06. The van der Waals surface area contributed by atoms with Crippen molar-refractivity contribution in [2.75, 3.05) is 13.2 Å². The van der Waals surface area contributed by atoms with Gasteiger partial charge >= 0.3 is 0 Å². The average molecular weight is 340 g/mol. The highest BCUT2D eigenvalue weighted by atomic mass is 16.5. The minimum atomic E-state index is -0.389. The molecule has 6 nitrogen and oxygen atoms in total. The predicted molar refractivity (Wildman–Crippen MR) is 93.1 cm³/mol. The molecular weight excluding hydrogens is 316 g/mol. The molecule has 4 rings (SSSR count). The van der Waals surface area contributed by atoms with Crippen molar-refractivity contribution in [2.45, 2.75) is 44.6 Å². The van der Waals surface area contributed by atoms with Gasteiger partial charge in [-0.2, -0.15) is 5.10 Å². The van der Waals surface area contributed by atoms with Gasteiger partial charge in [0.25, 0.3) is 0 Å². The van der Waals surface area contributed by atoms with Crippen molar-refractivity contribution in [2.24, 2.45) is 11.7 Å². The molecule has 1 fully saturated rings. The summed E-state index contributed by atoms with van der Waals surface area (Å²) < 4.78 is 7.66. The zero-order valence-electron chi connectivity index (χ0n) is 14.4. The van der Waals surface area contributed by atoms with Crippen LogP contribution in [0.4, 0.5) is 0 Å². The first-order chi connectivity index (χ1) is 12.2. The lowest BCUT2D eigenvalue weighted by Crippen LogP contribution is -2.22. The van der Waals surface area contributed by atoms with E-state index in [9.17, 15) is 4.79 Å². The van der Waals surface area contributed by atoms with Crippen LogP contribution in [0.5, 0.6) is 0 Å². The van der Waals surface area contributed by atoms with Gasteiger partial charge in [-0.3, -0.25) is 4.79 Å². The number of carbonyl (C=O) groups is 1. The van der Waals surface area contributed by atoms with Crippen LogP contribution < -0.4 is 5.73 Å². The van der Waals surface area contributed by atoms with E-state index in [2.05, 4.69) is 34.3 Å². The number of carbonyl (C=O) groups excluding carboxylic acids is 1. The quantitative estimate of drug-likeness (QED) is 0.896. The van der Waals surface area contributed by atoms with Crippen LogP contribution in [0.15, 0.2) is 24.3 Å². The third-order valence-corrected chi connectivity index (χ3v) is 5.18. The number of nitrogens with zero attached hydrogens (tertiary/aromatic N) is 3. The van der Waals surface area contributed by atoms with Crippen molar-refractivity contribution < 1.29 is 9.53 Å². The molecule has 0 saturated carbocycles. The summed E-state index contributed by atoms with van der Waals surface area (Å²) in [4.78, 5) is 15.9. The maximum Gasteiger partial charge on any atom is 0.225 e. The van der Waals surface area contributed by atoms with Gasteiger partial charge < -0.3 is 10.5 Å². The third-order valence-electron chi connectivity index (χ3n) is 5.18. The largest absolute Gasteiger partial charge is 0.381 e. The molecule has 0 bridgehead atoms. The van der Waals surface area contributed by atoms with Crippen molar-refractivity contribution in [1.82, 2.24) is 14.8 Å². The van der Waals surface area contributed by atoms with Crippen LogP contribution in [-0.4, -0.2) is 33.9 Å². The maximum absolute atomic E-state index is 11.3. The minimum absolute atomic E-state index is 0.0981. The average Bonchev–Trinajstić information content (AvgIpc) is 3.19. The Morgan fingerprint density at radius 1 is 1.28 bits per heavy atom. The van der Waals surface area contributed by atoms with E-state index in [-0.39, 0.29) is 18.4 Å². The number of nitrogens with two attached hydrogens (primary N) is 1. The Morgan fingerprint density at radius 3 is 2.68 bits per heavy atom. The van der Waals surface area contributed by atoms with Crippen molar-refractivity contribution in [3.8, 4) is 0 Å². The van der Waals surface area contributed by atoms with Gasteiger partial charge in [0.15, 0.2) is 5.82 Å². The molecule has 2 aliphatic rings. The topological polar surface area (TPSA) is 83.0 Å². The summed E-state index contributed by atoms with van der Waals surface area (Å²) in [7, 11) is 0. The Morgan fingerprint density at radius 2 is 2.04 bits per heavy atom. The van der Waals surface area contributed by atoms with Gasteiger partial charge in [-0.25, -0.2) is 9.67 Å². The minimum Gasteiger partial charge on any atom is -0.381 e. The highest BCUT2D eigenvalue weighted by molar-refractivity contribution is 5.75. The van der Waals surface area contributed by atoms with Crippen LogP contribution in [0.2, 0.25) is 0 Å². The van der Waals surface area contributed by atoms with E-state index in [0.29, 0.717) is 11.7 Å². The number of aromatic nitrogens is 3. The highest BCUT2D eigenvalue weighted by Gasteiger charge is 2.28. The lowest BCUT2D eigenvalue weighted by atomic mass is 9.98. The van der Waals surface area contributed by atoms with Crippen molar-refractivity contribution in [1.29, 1.82) is 0 Å². The molecule has 0 spiro atoms. The number of rotatable bonds is 5. The van der Waals surface area contributed by atoms with Gasteiger partial charge in [0.05, 0.1) is 12.5 Å². The lowest BCUT2D eigenvalue weighted by molar-refractivity contribution is -0.117. The van der Waals surface area contributed by atoms with E-state index < -0.39 is 0 Å². The summed E-state index contributed by atoms with van der Waals surface area (Å²) in [5, 5.41) is 4.64. The number of ether oxygens (including phenoxy) is 1. The van der Waals surface area contributed by atoms with Gasteiger partial charge in [0, 0.05) is 19.6 Å². The molecule has 25 heavy (non-hydrogen) atoms. The molecule has 2 N–H and O–H groups in total. The summed E-state index contributed by atoms with van der Waals surface area (Å²) >= 11 is 0. The Balaban J connectivity index is 1.58. The fourth-order valence-electron chi connectivity index (χ4n) is 4.00. The molecule has 2 aromatic rings. The third kappa shape index (κ3) is 3.58. The van der Waals surface area contributed by atoms with E-state index in [1.807, 2.05) is 4.68 Å². The second kappa shape index (κ2) is 6.96. The Kier molecular flexibility index (Phi) is 4.53. The molecule has 1 aliphatic carbocycles. The molecule has 1 aliphatic heterocycles. The number of amides is 1. The molecule has 132 valence electrons. The molecular formula is C19H24N4O2. The van der Waals surface area contributed by atoms with Gasteiger partial charge in [0.1, 0.15) is 5.82 Å². The normalized spacial score (nSPS) is 20.6. The first-order valence-corrected chi connectivity index (χ1v) is 9.06. The highest BCUT2D eigenvalue weighted by Crippen LogP contribution is 2.31. The summed E-state index contributed by atoms with van der Waals surface area (Å²) in [5.74, 6) is 1.58. The fourth-order valence-corrected chi connectivity index (χ4v) is 4.00. The van der Waals surface area contributed by atoms with E-state index in [4.69, 9.17) is 10.5 Å². The Hall–Kier alpha value is -2.21. The second-order valence-electron chi connectivity index (χ2n) is 7.15. The molecule has 1 saturated heterocycles. The van der Waals surface area contributed by atoms with Crippen LogP contribution in [0.3, 0.4) is 0 Å². The number of hydrogen-bond acceptors (Lipinski definition) is 4. The van der Waals surface area contributed by atoms with Gasteiger partial charge in [0.2, 0.25) is 5.91 Å². The van der Waals surface area contributed by atoms with E-state index in [1.165, 1.54) is 11.1 Å². The molecule has 0 radical (unpaired) electrons. The number of hydrogen-bond donors (Lipinski definition) is 1. The fraction of sp³-hybridized carbons (Fsp3) is 0.526. The zero-order valence-corrected chi connectivity index (χ0v) is 14.4. The van der Waals surface area contributed by atoms with E-state index in [1.54, 1.807) is 0 Å². The molecule has 1 aromatic heterocycles. The summed E-state index contributed by atoms with van der Waals surface area (Å²) in [6.07, 6.45) is 5.12. The van der Waals surface area contributed by atoms with Crippen LogP contribution in [0.25, 0.3) is 0 Å². The number of primary amides is 1. The Labute approximate surface area is 147 Å². The summed E-state index contributed by atoms with van der Waals surface area (Å²) in [6, 6.07) is 8.81. The predicted octanol–water partition coefficient (Wildman–Crippen LogP) is 1.61. The second-order valence-corrected chi connectivity index (χ2v) is 7.15. The molecule has 6 heteroatoms. The first kappa shape index (κ1) is 16.3. The number of benzene rings is 1. The van der Waals surface area contributed by atoms with E-state index in [0.717, 1.165) is 51.1 Å². The standard InChI is InChI=1S/C19H24N4O2/c20-17(24)11-18-21-19(8-13-4-3-7-25-12-13)23(22-18)16-9-14-5-1-2-6-15(14)10-16/h1-2,5-6,13,16H,3-4,7-12H2,(H2,20,24)/t13-/m1/s1. The molecule has 1 aromatic carbocycles. The van der Waals surface area contributed by atoms with Crippen LogP contribution >= 0.6 is 0 Å². The van der Waals surface area contributed by atoms with Crippen LogP contribution in [0.1, 0.15) is 41.7 Å². The monoisotopic (exact) mass is 340 g/mol. The molecule has 1 atom stereocenters. The zero-order chi connectivity index (χ0) is 17.2. The van der Waals surface area contributed by atoms with Crippen LogP contribution in [0, 0.1) is 5.92 Å². The molecule has 2 heterocycles. The maximum atomic E-state index is 11.3.